The second kappa shape index (κ2) is 5.58. The summed E-state index contributed by atoms with van der Waals surface area (Å²) in [7, 11) is 0. The summed E-state index contributed by atoms with van der Waals surface area (Å²) in [5.41, 5.74) is 3.29. The van der Waals surface area contributed by atoms with Gasteiger partial charge < -0.3 is 4.57 Å². The maximum absolute atomic E-state index is 12.8. The van der Waals surface area contributed by atoms with Crippen LogP contribution in [0.25, 0.3) is 33.2 Å². The van der Waals surface area contributed by atoms with E-state index in [0.717, 1.165) is 34.1 Å². The van der Waals surface area contributed by atoms with Crippen LogP contribution in [0.2, 0.25) is 0 Å². The molecule has 0 N–H and O–H groups in total. The number of hydrogen-bond acceptors (Lipinski definition) is 2. The lowest BCUT2D eigenvalue weighted by Crippen LogP contribution is -2.04. The zero-order valence-corrected chi connectivity index (χ0v) is 13.4. The Morgan fingerprint density at radius 1 is 0.960 bits per heavy atom. The number of aryl methyl sites for hydroxylation is 1. The van der Waals surface area contributed by atoms with Crippen molar-refractivity contribution in [3.05, 3.63) is 60.4 Å². The Labute approximate surface area is 141 Å². The quantitative estimate of drug-likeness (QED) is 0.496. The van der Waals surface area contributed by atoms with Crippen molar-refractivity contribution in [3.63, 3.8) is 0 Å². The minimum Gasteiger partial charge on any atom is -0.338 e. The Bertz CT molecular complexity index is 1060. The minimum absolute atomic E-state index is 0.636. The minimum atomic E-state index is -4.35. The average molecular weight is 341 g/mol. The monoisotopic (exact) mass is 341 g/mol. The van der Waals surface area contributed by atoms with E-state index in [1.165, 1.54) is 18.5 Å². The Morgan fingerprint density at radius 2 is 1.68 bits per heavy atom. The molecule has 25 heavy (non-hydrogen) atoms. The van der Waals surface area contributed by atoms with Gasteiger partial charge in [-0.25, -0.2) is 9.97 Å². The van der Waals surface area contributed by atoms with E-state index >= 15 is 0 Å². The molecule has 0 bridgehead atoms. The molecule has 0 spiro atoms. The van der Waals surface area contributed by atoms with Crippen molar-refractivity contribution >= 4 is 21.9 Å². The Kier molecular flexibility index (Phi) is 3.49. The third-order valence-corrected chi connectivity index (χ3v) is 4.34. The second-order valence-corrected chi connectivity index (χ2v) is 5.76. The lowest BCUT2D eigenvalue weighted by molar-refractivity contribution is -0.137. The van der Waals surface area contributed by atoms with Gasteiger partial charge in [-0.15, -0.1) is 0 Å². The van der Waals surface area contributed by atoms with Crippen LogP contribution in [0.5, 0.6) is 0 Å². The third kappa shape index (κ3) is 2.45. The van der Waals surface area contributed by atoms with Crippen LogP contribution in [0.4, 0.5) is 13.2 Å². The van der Waals surface area contributed by atoms with E-state index in [1.54, 1.807) is 0 Å². The molecule has 2 aromatic carbocycles. The largest absolute Gasteiger partial charge is 0.416 e. The van der Waals surface area contributed by atoms with Gasteiger partial charge in [-0.3, -0.25) is 0 Å². The first-order valence-electron chi connectivity index (χ1n) is 7.90. The molecule has 6 heteroatoms. The van der Waals surface area contributed by atoms with Crippen LogP contribution < -0.4 is 0 Å². The summed E-state index contributed by atoms with van der Waals surface area (Å²) in [6, 6.07) is 13.0. The Morgan fingerprint density at radius 3 is 2.36 bits per heavy atom. The average Bonchev–Trinajstić information content (AvgIpc) is 2.95. The van der Waals surface area contributed by atoms with Crippen LogP contribution in [0.3, 0.4) is 0 Å². The van der Waals surface area contributed by atoms with Gasteiger partial charge in [0, 0.05) is 17.5 Å². The molecule has 0 radical (unpaired) electrons. The highest BCUT2D eigenvalue weighted by molar-refractivity contribution is 6.09. The van der Waals surface area contributed by atoms with E-state index in [-0.39, 0.29) is 0 Å². The van der Waals surface area contributed by atoms with E-state index in [2.05, 4.69) is 14.5 Å². The maximum Gasteiger partial charge on any atom is 0.416 e. The number of nitrogens with zero attached hydrogens (tertiary/aromatic N) is 3. The van der Waals surface area contributed by atoms with E-state index in [1.807, 2.05) is 31.2 Å². The summed E-state index contributed by atoms with van der Waals surface area (Å²) in [6.07, 6.45) is -2.89. The Hall–Kier alpha value is -2.89. The van der Waals surface area contributed by atoms with Crippen LogP contribution in [0, 0.1) is 0 Å². The summed E-state index contributed by atoms with van der Waals surface area (Å²) in [5.74, 6) is 0. The number of para-hydroxylation sites is 1. The van der Waals surface area contributed by atoms with Crippen molar-refractivity contribution in [3.8, 4) is 11.3 Å². The lowest BCUT2D eigenvalue weighted by atomic mass is 10.1. The zero-order chi connectivity index (χ0) is 17.6. The number of hydrogen-bond donors (Lipinski definition) is 0. The molecule has 126 valence electrons. The van der Waals surface area contributed by atoms with Crippen LogP contribution in [-0.4, -0.2) is 14.5 Å². The first kappa shape index (κ1) is 15.6. The van der Waals surface area contributed by atoms with Crippen LogP contribution in [0.1, 0.15) is 12.5 Å². The highest BCUT2D eigenvalue weighted by Crippen LogP contribution is 2.35. The van der Waals surface area contributed by atoms with Crippen LogP contribution in [0.15, 0.2) is 54.9 Å². The molecule has 4 aromatic rings. The fourth-order valence-corrected chi connectivity index (χ4v) is 3.22. The molecule has 0 aliphatic carbocycles. The van der Waals surface area contributed by atoms with E-state index in [9.17, 15) is 13.2 Å². The predicted octanol–water partition coefficient (Wildman–Crippen LogP) is 5.29. The van der Waals surface area contributed by atoms with Crippen LogP contribution >= 0.6 is 0 Å². The predicted molar refractivity (Wildman–Crippen MR) is 91.1 cm³/mol. The van der Waals surface area contributed by atoms with Gasteiger partial charge in [0.15, 0.2) is 0 Å². The molecule has 0 atom stereocenters. The second-order valence-electron chi connectivity index (χ2n) is 5.76. The van der Waals surface area contributed by atoms with E-state index < -0.39 is 11.7 Å². The summed E-state index contributed by atoms with van der Waals surface area (Å²) < 4.78 is 40.5. The maximum atomic E-state index is 12.8. The number of alkyl halides is 3. The smallest absolute Gasteiger partial charge is 0.338 e. The number of fused-ring (bicyclic) bond motifs is 3. The third-order valence-electron chi connectivity index (χ3n) is 4.34. The highest BCUT2D eigenvalue weighted by atomic mass is 19.4. The van der Waals surface area contributed by atoms with E-state index in [4.69, 9.17) is 0 Å². The fraction of sp³-hybridized carbons (Fsp3) is 0.158. The van der Waals surface area contributed by atoms with Gasteiger partial charge in [-0.2, -0.15) is 13.2 Å². The van der Waals surface area contributed by atoms with Gasteiger partial charge in [-0.05, 0) is 25.1 Å². The normalized spacial score (nSPS) is 12.2. The number of benzene rings is 2. The van der Waals surface area contributed by atoms with Crippen LogP contribution in [-0.2, 0) is 12.7 Å². The molecule has 0 fully saturated rings. The van der Waals surface area contributed by atoms with Gasteiger partial charge >= 0.3 is 6.18 Å². The molecule has 0 amide bonds. The fourth-order valence-electron chi connectivity index (χ4n) is 3.22. The van der Waals surface area contributed by atoms with Crippen molar-refractivity contribution < 1.29 is 13.2 Å². The van der Waals surface area contributed by atoms with Gasteiger partial charge in [0.05, 0.1) is 22.3 Å². The van der Waals surface area contributed by atoms with Gasteiger partial charge in [-0.1, -0.05) is 30.3 Å². The standard InChI is InChI=1S/C19H14F3N3/c1-2-25-15-6-4-3-5-14(15)17-18(25)16(23-11-24-17)12-7-9-13(10-8-12)19(20,21)22/h3-11H,2H2,1H3. The molecule has 0 aliphatic heterocycles. The first-order chi connectivity index (χ1) is 12.0. The molecule has 0 aliphatic rings. The van der Waals surface area contributed by atoms with Crippen molar-refractivity contribution in [2.24, 2.45) is 0 Å². The lowest BCUT2D eigenvalue weighted by Gasteiger charge is -2.10. The molecule has 2 heterocycles. The Balaban J connectivity index is 1.99. The van der Waals surface area contributed by atoms with Crippen molar-refractivity contribution in [1.82, 2.24) is 14.5 Å². The summed E-state index contributed by atoms with van der Waals surface area (Å²) in [6.45, 7) is 2.74. The molecule has 2 aromatic heterocycles. The number of rotatable bonds is 2. The summed E-state index contributed by atoms with van der Waals surface area (Å²) in [5, 5.41) is 1.01. The molecular weight excluding hydrogens is 327 g/mol. The molecule has 0 unspecified atom stereocenters. The summed E-state index contributed by atoms with van der Waals surface area (Å²) >= 11 is 0. The van der Waals surface area contributed by atoms with Crippen molar-refractivity contribution in [2.45, 2.75) is 19.6 Å². The molecule has 4 rings (SSSR count). The van der Waals surface area contributed by atoms with E-state index in [0.29, 0.717) is 17.8 Å². The van der Waals surface area contributed by atoms with Crippen molar-refractivity contribution in [2.75, 3.05) is 0 Å². The number of halogens is 3. The van der Waals surface area contributed by atoms with Crippen molar-refractivity contribution in [1.29, 1.82) is 0 Å². The first-order valence-corrected chi connectivity index (χ1v) is 7.90. The number of aromatic nitrogens is 3. The SMILES string of the molecule is CCn1c2ccccc2c2ncnc(-c3ccc(C(F)(F)F)cc3)c21. The highest BCUT2D eigenvalue weighted by Gasteiger charge is 2.30. The van der Waals surface area contributed by atoms with Gasteiger partial charge in [0.25, 0.3) is 0 Å². The van der Waals surface area contributed by atoms with Gasteiger partial charge in [0.2, 0.25) is 0 Å². The molecule has 3 nitrogen and oxygen atoms in total. The molecule has 0 saturated heterocycles. The molecular formula is C19H14F3N3. The summed E-state index contributed by atoms with van der Waals surface area (Å²) in [4.78, 5) is 8.77. The zero-order valence-electron chi connectivity index (χ0n) is 13.4. The molecule has 0 saturated carbocycles. The topological polar surface area (TPSA) is 30.7 Å². The van der Waals surface area contributed by atoms with Gasteiger partial charge in [0.1, 0.15) is 11.8 Å².